The minimum Gasteiger partial charge on any atom is -0.459 e. The van der Waals surface area contributed by atoms with Crippen molar-refractivity contribution in [3.63, 3.8) is 0 Å². The van der Waals surface area contributed by atoms with Gasteiger partial charge in [-0.3, -0.25) is 9.59 Å². The highest BCUT2D eigenvalue weighted by Crippen LogP contribution is 2.44. The summed E-state index contributed by atoms with van der Waals surface area (Å²) >= 11 is 10.6. The van der Waals surface area contributed by atoms with Crippen molar-refractivity contribution in [3.8, 4) is 6.07 Å². The topological polar surface area (TPSA) is 79.5 Å². The summed E-state index contributed by atoms with van der Waals surface area (Å²) in [6.45, 7) is 9.38. The van der Waals surface area contributed by atoms with E-state index >= 15 is 0 Å². The van der Waals surface area contributed by atoms with Gasteiger partial charge in [0, 0.05) is 26.7 Å². The van der Waals surface area contributed by atoms with Crippen LogP contribution in [0.25, 0.3) is 0 Å². The van der Waals surface area contributed by atoms with Crippen LogP contribution in [0.4, 0.5) is 0 Å². The molecule has 0 radical (unpaired) electrons. The number of hydrogen-bond acceptors (Lipinski definition) is 6. The van der Waals surface area contributed by atoms with Crippen LogP contribution in [0.15, 0.2) is 70.3 Å². The van der Waals surface area contributed by atoms with Crippen LogP contribution in [0.5, 0.6) is 0 Å². The van der Waals surface area contributed by atoms with Crippen molar-refractivity contribution < 1.29 is 14.3 Å². The number of carbonyl (C=O) groups is 2. The number of halogens is 2. The first-order valence-corrected chi connectivity index (χ1v) is 12.7. The Hall–Kier alpha value is -2.40. The zero-order valence-corrected chi connectivity index (χ0v) is 22.2. The summed E-state index contributed by atoms with van der Waals surface area (Å²) in [7, 11) is 0. The highest BCUT2D eigenvalue weighted by atomic mass is 79.9. The molecule has 2 aromatic carbocycles. The van der Waals surface area contributed by atoms with E-state index in [9.17, 15) is 14.9 Å². The Bertz CT molecular complexity index is 1160. The lowest BCUT2D eigenvalue weighted by Gasteiger charge is -2.35. The van der Waals surface area contributed by atoms with E-state index in [1.807, 2.05) is 0 Å². The van der Waals surface area contributed by atoms with Gasteiger partial charge in [-0.2, -0.15) is 5.26 Å². The Balaban J connectivity index is 1.94. The third-order valence-electron chi connectivity index (χ3n) is 5.17. The van der Waals surface area contributed by atoms with Crippen molar-refractivity contribution in [3.05, 3.63) is 81.4 Å². The van der Waals surface area contributed by atoms with Crippen molar-refractivity contribution >= 4 is 56.1 Å². The second kappa shape index (κ2) is 10.9. The second-order valence-corrected chi connectivity index (χ2v) is 11.2. The van der Waals surface area contributed by atoms with E-state index in [1.54, 1.807) is 69.3 Å². The second-order valence-electron chi connectivity index (χ2n) is 8.86. The molecule has 3 rings (SSSR count). The fraction of sp³-hybridized carbons (Fsp3) is 0.308. The van der Waals surface area contributed by atoms with Gasteiger partial charge in [0.05, 0.1) is 16.9 Å². The van der Waals surface area contributed by atoms with Crippen LogP contribution in [0.2, 0.25) is 5.02 Å². The first-order valence-electron chi connectivity index (χ1n) is 10.6. The summed E-state index contributed by atoms with van der Waals surface area (Å²) in [6.07, 6.45) is 0. The molecule has 0 N–H and O–H groups in total. The predicted molar refractivity (Wildman–Crippen MR) is 140 cm³/mol. The maximum absolute atomic E-state index is 13.2. The number of benzene rings is 2. The number of thioether (sulfide) groups is 1. The van der Waals surface area contributed by atoms with Crippen molar-refractivity contribution in [2.45, 2.75) is 32.3 Å². The molecular weight excluding hydrogens is 536 g/mol. The molecule has 5 nitrogen and oxygen atoms in total. The van der Waals surface area contributed by atoms with Gasteiger partial charge in [-0.1, -0.05) is 58.4 Å². The average Bonchev–Trinajstić information content (AvgIpc) is 2.76. The fourth-order valence-electron chi connectivity index (χ4n) is 3.67. The number of carbonyl (C=O) groups excluding carboxylic acids is 2. The van der Waals surface area contributed by atoms with Gasteiger partial charge in [-0.05, 0) is 50.6 Å². The van der Waals surface area contributed by atoms with Crippen LogP contribution < -0.4 is 0 Å². The SMILES string of the molecule is C=C1N=C(SCC(=O)c2ccc(Br)cc2)C(C#N)[C@H](c2ccc(Cl)cc2)[C@H]1C(=O)OC(C)(C)C. The Labute approximate surface area is 217 Å². The summed E-state index contributed by atoms with van der Waals surface area (Å²) < 4.78 is 6.53. The van der Waals surface area contributed by atoms with Crippen molar-refractivity contribution in [2.24, 2.45) is 16.8 Å². The number of nitrogens with zero attached hydrogens (tertiary/aromatic N) is 2. The van der Waals surface area contributed by atoms with Gasteiger partial charge in [-0.15, -0.1) is 11.8 Å². The molecule has 0 saturated carbocycles. The molecule has 0 spiro atoms. The van der Waals surface area contributed by atoms with Crippen molar-refractivity contribution in [2.75, 3.05) is 5.75 Å². The van der Waals surface area contributed by atoms with Crippen LogP contribution in [0.3, 0.4) is 0 Å². The van der Waals surface area contributed by atoms with E-state index in [4.69, 9.17) is 16.3 Å². The molecular formula is C26H24BrClN2O3S. The third kappa shape index (κ3) is 6.38. The third-order valence-corrected chi connectivity index (χ3v) is 7.00. The number of ether oxygens (including phenoxy) is 1. The van der Waals surface area contributed by atoms with E-state index in [0.717, 1.165) is 10.0 Å². The van der Waals surface area contributed by atoms with E-state index < -0.39 is 29.3 Å². The van der Waals surface area contributed by atoms with E-state index in [-0.39, 0.29) is 11.5 Å². The van der Waals surface area contributed by atoms with Gasteiger partial charge in [0.2, 0.25) is 0 Å². The number of nitriles is 1. The standard InChI is InChI=1S/C26H24BrClN2O3S/c1-15-22(25(32)33-26(2,3)4)23(17-7-11-19(28)12-8-17)20(13-29)24(30-15)34-14-21(31)16-5-9-18(27)10-6-16/h5-12,20,22-23H,1,14H2,2-4H3/t20?,22-,23-/m0/s1. The van der Waals surface area contributed by atoms with Crippen LogP contribution in [0, 0.1) is 23.2 Å². The van der Waals surface area contributed by atoms with E-state index in [2.05, 4.69) is 33.6 Å². The number of Topliss-reactive ketones (excluding diaryl/α,β-unsaturated/α-hetero) is 1. The van der Waals surface area contributed by atoms with Crippen LogP contribution in [-0.2, 0) is 9.53 Å². The van der Waals surface area contributed by atoms with Crippen molar-refractivity contribution in [1.29, 1.82) is 5.26 Å². The van der Waals surface area contributed by atoms with Crippen LogP contribution in [0.1, 0.15) is 42.6 Å². The lowest BCUT2D eigenvalue weighted by atomic mass is 9.74. The summed E-state index contributed by atoms with van der Waals surface area (Å²) in [6, 6.07) is 16.4. The first-order chi connectivity index (χ1) is 16.0. The van der Waals surface area contributed by atoms with Gasteiger partial charge < -0.3 is 4.74 Å². The molecule has 0 aromatic heterocycles. The number of esters is 1. The molecule has 1 aliphatic heterocycles. The summed E-state index contributed by atoms with van der Waals surface area (Å²) in [5, 5.41) is 11.1. The average molecular weight is 560 g/mol. The maximum Gasteiger partial charge on any atom is 0.316 e. The summed E-state index contributed by atoms with van der Waals surface area (Å²) in [4.78, 5) is 30.4. The molecule has 2 aromatic rings. The minimum absolute atomic E-state index is 0.0835. The van der Waals surface area contributed by atoms with Gasteiger partial charge in [0.1, 0.15) is 17.4 Å². The Morgan fingerprint density at radius 1 is 1.18 bits per heavy atom. The summed E-state index contributed by atoms with van der Waals surface area (Å²) in [5.74, 6) is -2.64. The number of hydrogen-bond donors (Lipinski definition) is 0. The highest BCUT2D eigenvalue weighted by molar-refractivity contribution is 9.10. The molecule has 3 atom stereocenters. The first kappa shape index (κ1) is 26.2. The van der Waals surface area contributed by atoms with Crippen LogP contribution in [-0.4, -0.2) is 28.2 Å². The lowest BCUT2D eigenvalue weighted by Crippen LogP contribution is -2.39. The molecule has 0 fully saturated rings. The van der Waals surface area contributed by atoms with Crippen LogP contribution >= 0.6 is 39.3 Å². The monoisotopic (exact) mass is 558 g/mol. The number of ketones is 1. The highest BCUT2D eigenvalue weighted by Gasteiger charge is 2.45. The maximum atomic E-state index is 13.2. The normalized spacial score (nSPS) is 20.3. The Morgan fingerprint density at radius 2 is 1.79 bits per heavy atom. The molecule has 1 heterocycles. The van der Waals surface area contributed by atoms with E-state index in [1.165, 1.54) is 11.8 Å². The molecule has 8 heteroatoms. The minimum atomic E-state index is -0.837. The van der Waals surface area contributed by atoms with E-state index in [0.29, 0.717) is 21.3 Å². The van der Waals surface area contributed by atoms with Gasteiger partial charge in [0.15, 0.2) is 5.78 Å². The molecule has 0 bridgehead atoms. The zero-order valence-electron chi connectivity index (χ0n) is 19.0. The molecule has 1 aliphatic rings. The predicted octanol–water partition coefficient (Wildman–Crippen LogP) is 6.83. The summed E-state index contributed by atoms with van der Waals surface area (Å²) in [5.41, 5.74) is 0.916. The quantitative estimate of drug-likeness (QED) is 0.296. The molecule has 1 unspecified atom stereocenters. The number of aliphatic imine (C=N–C) groups is 1. The molecule has 0 aliphatic carbocycles. The fourth-order valence-corrected chi connectivity index (χ4v) is 5.06. The Kier molecular flexibility index (Phi) is 8.40. The Morgan fingerprint density at radius 3 is 2.35 bits per heavy atom. The molecule has 0 saturated heterocycles. The smallest absolute Gasteiger partial charge is 0.316 e. The molecule has 34 heavy (non-hydrogen) atoms. The lowest BCUT2D eigenvalue weighted by molar-refractivity contribution is -0.159. The van der Waals surface area contributed by atoms with Crippen molar-refractivity contribution in [1.82, 2.24) is 0 Å². The largest absolute Gasteiger partial charge is 0.459 e. The molecule has 176 valence electrons. The van der Waals surface area contributed by atoms with Gasteiger partial charge >= 0.3 is 5.97 Å². The molecule has 0 amide bonds. The van der Waals surface area contributed by atoms with Gasteiger partial charge in [-0.25, -0.2) is 4.99 Å². The van der Waals surface area contributed by atoms with Gasteiger partial charge in [0.25, 0.3) is 0 Å². The number of rotatable bonds is 5. The zero-order chi connectivity index (χ0) is 25.0.